The molecule has 1 fully saturated rings. The van der Waals surface area contributed by atoms with Gasteiger partial charge >= 0.3 is 6.09 Å². The SMILES string of the molecule is CCC(C)[C@@H](CNC(=O)[C@@H]1C[C@H](C)CC[C@H]1C(C)C)NC(=O)[C@@H](C)NC(=O)O. The Labute approximate surface area is 169 Å². The van der Waals surface area contributed by atoms with E-state index in [1.165, 1.54) is 13.3 Å². The second-order valence-corrected chi connectivity index (χ2v) is 8.85. The number of rotatable bonds is 9. The number of carbonyl (C=O) groups excluding carboxylic acids is 2. The highest BCUT2D eigenvalue weighted by Gasteiger charge is 2.35. The molecule has 6 atom stereocenters. The van der Waals surface area contributed by atoms with Crippen LogP contribution in [0.5, 0.6) is 0 Å². The Kier molecular flexibility index (Phi) is 9.76. The zero-order valence-electron chi connectivity index (χ0n) is 18.2. The van der Waals surface area contributed by atoms with Crippen molar-refractivity contribution in [2.45, 2.75) is 79.3 Å². The molecule has 1 rings (SSSR count). The largest absolute Gasteiger partial charge is 0.465 e. The summed E-state index contributed by atoms with van der Waals surface area (Å²) in [5.74, 6) is 1.29. The van der Waals surface area contributed by atoms with Gasteiger partial charge in [0.15, 0.2) is 0 Å². The first-order valence-corrected chi connectivity index (χ1v) is 10.6. The Balaban J connectivity index is 2.72. The monoisotopic (exact) mass is 397 g/mol. The average molecular weight is 398 g/mol. The van der Waals surface area contributed by atoms with Gasteiger partial charge in [-0.3, -0.25) is 9.59 Å². The van der Waals surface area contributed by atoms with Gasteiger partial charge in [0.1, 0.15) is 6.04 Å². The van der Waals surface area contributed by atoms with Crippen molar-refractivity contribution in [2.24, 2.45) is 29.6 Å². The van der Waals surface area contributed by atoms with E-state index in [0.717, 1.165) is 19.3 Å². The second kappa shape index (κ2) is 11.3. The molecule has 0 aromatic heterocycles. The third-order valence-corrected chi connectivity index (χ3v) is 6.25. The molecule has 7 heteroatoms. The summed E-state index contributed by atoms with van der Waals surface area (Å²) < 4.78 is 0. The van der Waals surface area contributed by atoms with Gasteiger partial charge in [-0.05, 0) is 43.4 Å². The Morgan fingerprint density at radius 2 is 1.71 bits per heavy atom. The maximum absolute atomic E-state index is 12.9. The molecule has 3 amide bonds. The predicted octanol–water partition coefficient (Wildman–Crippen LogP) is 3.00. The molecule has 1 unspecified atom stereocenters. The van der Waals surface area contributed by atoms with Gasteiger partial charge in [-0.15, -0.1) is 0 Å². The third kappa shape index (κ3) is 7.32. The minimum Gasteiger partial charge on any atom is -0.465 e. The fraction of sp³-hybridized carbons (Fsp3) is 0.857. The molecular weight excluding hydrogens is 358 g/mol. The summed E-state index contributed by atoms with van der Waals surface area (Å²) in [6.45, 7) is 12.5. The van der Waals surface area contributed by atoms with E-state index in [0.29, 0.717) is 24.3 Å². The first-order valence-electron chi connectivity index (χ1n) is 10.6. The van der Waals surface area contributed by atoms with Crippen LogP contribution in [0.3, 0.4) is 0 Å². The van der Waals surface area contributed by atoms with Gasteiger partial charge in [0.2, 0.25) is 11.8 Å². The van der Waals surface area contributed by atoms with E-state index in [2.05, 4.69) is 36.7 Å². The highest BCUT2D eigenvalue weighted by molar-refractivity contribution is 5.85. The minimum absolute atomic E-state index is 0.0182. The van der Waals surface area contributed by atoms with Crippen LogP contribution in [-0.4, -0.2) is 41.6 Å². The van der Waals surface area contributed by atoms with Gasteiger partial charge in [-0.25, -0.2) is 4.79 Å². The van der Waals surface area contributed by atoms with Gasteiger partial charge in [0, 0.05) is 18.5 Å². The second-order valence-electron chi connectivity index (χ2n) is 8.85. The molecule has 1 saturated carbocycles. The molecular formula is C21H39N3O4. The molecule has 1 aliphatic carbocycles. The topological polar surface area (TPSA) is 108 Å². The molecule has 162 valence electrons. The van der Waals surface area contributed by atoms with Crippen LogP contribution in [0.4, 0.5) is 4.79 Å². The van der Waals surface area contributed by atoms with Crippen LogP contribution in [0.25, 0.3) is 0 Å². The van der Waals surface area contributed by atoms with Crippen LogP contribution < -0.4 is 16.0 Å². The molecule has 0 aliphatic heterocycles. The van der Waals surface area contributed by atoms with E-state index in [9.17, 15) is 14.4 Å². The zero-order valence-corrected chi connectivity index (χ0v) is 18.2. The van der Waals surface area contributed by atoms with Crippen molar-refractivity contribution in [1.82, 2.24) is 16.0 Å². The summed E-state index contributed by atoms with van der Waals surface area (Å²) >= 11 is 0. The van der Waals surface area contributed by atoms with Crippen LogP contribution >= 0.6 is 0 Å². The lowest BCUT2D eigenvalue weighted by Crippen LogP contribution is -2.53. The van der Waals surface area contributed by atoms with E-state index >= 15 is 0 Å². The van der Waals surface area contributed by atoms with Crippen molar-refractivity contribution in [2.75, 3.05) is 6.54 Å². The van der Waals surface area contributed by atoms with E-state index in [1.54, 1.807) is 0 Å². The molecule has 1 aliphatic rings. The highest BCUT2D eigenvalue weighted by atomic mass is 16.4. The molecule has 0 aromatic rings. The van der Waals surface area contributed by atoms with Gasteiger partial charge in [0.25, 0.3) is 0 Å². The smallest absolute Gasteiger partial charge is 0.405 e. The standard InChI is InChI=1S/C21H39N3O4/c1-7-14(5)18(24-19(25)15(6)23-21(27)28)11-22-20(26)17-10-13(4)8-9-16(17)12(2)3/h12-18,23H,7-11H2,1-6H3,(H,22,26)(H,24,25)(H,27,28)/t13-,14?,15-,16+,17-,18-/m1/s1. The van der Waals surface area contributed by atoms with E-state index in [4.69, 9.17) is 5.11 Å². The number of carbonyl (C=O) groups is 3. The Morgan fingerprint density at radius 1 is 1.07 bits per heavy atom. The van der Waals surface area contributed by atoms with Crippen molar-refractivity contribution < 1.29 is 19.5 Å². The molecule has 0 aromatic carbocycles. The van der Waals surface area contributed by atoms with Crippen LogP contribution in [0.1, 0.15) is 67.2 Å². The molecule has 0 heterocycles. The molecule has 7 nitrogen and oxygen atoms in total. The summed E-state index contributed by atoms with van der Waals surface area (Å²) in [7, 11) is 0. The van der Waals surface area contributed by atoms with Crippen LogP contribution in [0, 0.1) is 29.6 Å². The van der Waals surface area contributed by atoms with Crippen molar-refractivity contribution in [3.8, 4) is 0 Å². The van der Waals surface area contributed by atoms with Gasteiger partial charge in [-0.2, -0.15) is 0 Å². The lowest BCUT2D eigenvalue weighted by atomic mass is 9.70. The number of hydrogen-bond donors (Lipinski definition) is 4. The molecule has 0 spiro atoms. The molecule has 0 saturated heterocycles. The van der Waals surface area contributed by atoms with Crippen molar-refractivity contribution in [3.63, 3.8) is 0 Å². The maximum atomic E-state index is 12.9. The molecule has 4 N–H and O–H groups in total. The molecule has 0 bridgehead atoms. The lowest BCUT2D eigenvalue weighted by molar-refractivity contribution is -0.130. The Bertz CT molecular complexity index is 538. The van der Waals surface area contributed by atoms with Crippen molar-refractivity contribution in [3.05, 3.63) is 0 Å². The fourth-order valence-corrected chi connectivity index (χ4v) is 4.08. The van der Waals surface area contributed by atoms with Gasteiger partial charge in [-0.1, -0.05) is 47.5 Å². The number of carboxylic acid groups (broad SMARTS) is 1. The summed E-state index contributed by atoms with van der Waals surface area (Å²) in [4.78, 5) is 36.0. The number of hydrogen-bond acceptors (Lipinski definition) is 3. The van der Waals surface area contributed by atoms with Crippen LogP contribution in [0.2, 0.25) is 0 Å². The maximum Gasteiger partial charge on any atom is 0.405 e. The van der Waals surface area contributed by atoms with Crippen molar-refractivity contribution in [1.29, 1.82) is 0 Å². The average Bonchev–Trinajstić information content (AvgIpc) is 2.62. The fourth-order valence-electron chi connectivity index (χ4n) is 4.08. The summed E-state index contributed by atoms with van der Waals surface area (Å²) in [5, 5.41) is 16.9. The Hall–Kier alpha value is -1.79. The molecule has 28 heavy (non-hydrogen) atoms. The van der Waals surface area contributed by atoms with E-state index in [-0.39, 0.29) is 29.7 Å². The summed E-state index contributed by atoms with van der Waals surface area (Å²) in [6, 6.07) is -1.08. The highest BCUT2D eigenvalue weighted by Crippen LogP contribution is 2.38. The van der Waals surface area contributed by atoms with Gasteiger partial charge in [0.05, 0.1) is 0 Å². The first kappa shape index (κ1) is 24.2. The van der Waals surface area contributed by atoms with Crippen LogP contribution in [0.15, 0.2) is 0 Å². The number of amides is 3. The quantitative estimate of drug-likeness (QED) is 0.480. The minimum atomic E-state index is -1.23. The summed E-state index contributed by atoms with van der Waals surface area (Å²) in [5.41, 5.74) is 0. The Morgan fingerprint density at radius 3 is 2.25 bits per heavy atom. The third-order valence-electron chi connectivity index (χ3n) is 6.25. The first-order chi connectivity index (χ1) is 13.1. The predicted molar refractivity (Wildman–Crippen MR) is 110 cm³/mol. The summed E-state index contributed by atoms with van der Waals surface area (Å²) in [6.07, 6.45) is 2.78. The molecule has 0 radical (unpaired) electrons. The lowest BCUT2D eigenvalue weighted by Gasteiger charge is -2.37. The van der Waals surface area contributed by atoms with Crippen LogP contribution in [-0.2, 0) is 9.59 Å². The van der Waals surface area contributed by atoms with E-state index in [1.807, 2.05) is 13.8 Å². The zero-order chi connectivity index (χ0) is 21.4. The van der Waals surface area contributed by atoms with Crippen molar-refractivity contribution >= 4 is 17.9 Å². The number of nitrogens with one attached hydrogen (secondary N) is 3. The normalized spacial score (nSPS) is 25.5. The van der Waals surface area contributed by atoms with Gasteiger partial charge < -0.3 is 21.1 Å². The van der Waals surface area contributed by atoms with E-state index < -0.39 is 12.1 Å².